The molecule has 0 unspecified atom stereocenters. The average Bonchev–Trinajstić information content (AvgIpc) is 2.61. The molecule has 25 heavy (non-hydrogen) atoms. The number of rotatable bonds is 7. The molecule has 5 heteroatoms. The lowest BCUT2D eigenvalue weighted by molar-refractivity contribution is 0.0952. The van der Waals surface area contributed by atoms with Crippen molar-refractivity contribution < 1.29 is 9.59 Å². The molecule has 0 fully saturated rings. The van der Waals surface area contributed by atoms with E-state index >= 15 is 0 Å². The lowest BCUT2D eigenvalue weighted by Gasteiger charge is -2.10. The Morgan fingerprint density at radius 3 is 2.40 bits per heavy atom. The molecule has 1 heterocycles. The van der Waals surface area contributed by atoms with Crippen molar-refractivity contribution in [2.45, 2.75) is 40.0 Å². The molecule has 0 aliphatic heterocycles. The summed E-state index contributed by atoms with van der Waals surface area (Å²) >= 11 is 0. The van der Waals surface area contributed by atoms with Crippen molar-refractivity contribution >= 4 is 17.5 Å². The number of unbranched alkanes of at least 4 members (excludes halogenated alkanes) is 2. The summed E-state index contributed by atoms with van der Waals surface area (Å²) in [5.41, 5.74) is 3.64. The van der Waals surface area contributed by atoms with Crippen LogP contribution >= 0.6 is 0 Å². The van der Waals surface area contributed by atoms with Gasteiger partial charge in [-0.3, -0.25) is 14.6 Å². The normalized spacial score (nSPS) is 10.4. The third-order valence-electron chi connectivity index (χ3n) is 3.96. The standard InChI is InChI=1S/C20H25N3O2/c1-4-5-6-9-22-19(24)16-11-17(13-21-12-16)20(25)23-18-8-7-14(2)10-15(18)3/h7-8,10-13H,4-6,9H2,1-3H3,(H,22,24)(H,23,25). The fourth-order valence-corrected chi connectivity index (χ4v) is 2.52. The van der Waals surface area contributed by atoms with Gasteiger partial charge in [-0.25, -0.2) is 0 Å². The minimum atomic E-state index is -0.278. The summed E-state index contributed by atoms with van der Waals surface area (Å²) in [6, 6.07) is 7.40. The van der Waals surface area contributed by atoms with E-state index in [0.29, 0.717) is 17.7 Å². The van der Waals surface area contributed by atoms with E-state index in [4.69, 9.17) is 0 Å². The van der Waals surface area contributed by atoms with Gasteiger partial charge >= 0.3 is 0 Å². The number of amides is 2. The van der Waals surface area contributed by atoms with Gasteiger partial charge < -0.3 is 10.6 Å². The Morgan fingerprint density at radius 1 is 1.00 bits per heavy atom. The lowest BCUT2D eigenvalue weighted by atomic mass is 10.1. The molecular weight excluding hydrogens is 314 g/mol. The highest BCUT2D eigenvalue weighted by Gasteiger charge is 2.12. The third kappa shape index (κ3) is 5.41. The number of pyridine rings is 1. The molecule has 2 N–H and O–H groups in total. The Bertz CT molecular complexity index is 756. The highest BCUT2D eigenvalue weighted by molar-refractivity contribution is 6.06. The number of nitrogens with one attached hydrogen (secondary N) is 2. The van der Waals surface area contributed by atoms with Crippen LogP contribution in [0.15, 0.2) is 36.7 Å². The third-order valence-corrected chi connectivity index (χ3v) is 3.96. The van der Waals surface area contributed by atoms with Crippen molar-refractivity contribution in [1.82, 2.24) is 10.3 Å². The summed E-state index contributed by atoms with van der Waals surface area (Å²) < 4.78 is 0. The molecule has 132 valence electrons. The minimum Gasteiger partial charge on any atom is -0.352 e. The Balaban J connectivity index is 2.04. The fraction of sp³-hybridized carbons (Fsp3) is 0.350. The SMILES string of the molecule is CCCCCNC(=O)c1cncc(C(=O)Nc2ccc(C)cc2C)c1. The van der Waals surface area contributed by atoms with Crippen LogP contribution < -0.4 is 10.6 Å². The van der Waals surface area contributed by atoms with Gasteiger partial charge in [-0.15, -0.1) is 0 Å². The van der Waals surface area contributed by atoms with Crippen molar-refractivity contribution in [3.63, 3.8) is 0 Å². The summed E-state index contributed by atoms with van der Waals surface area (Å²) in [5, 5.41) is 5.72. The van der Waals surface area contributed by atoms with E-state index in [1.165, 1.54) is 12.4 Å². The van der Waals surface area contributed by atoms with E-state index in [-0.39, 0.29) is 11.8 Å². The Labute approximate surface area is 148 Å². The molecule has 0 radical (unpaired) electrons. The van der Waals surface area contributed by atoms with Gasteiger partial charge in [0.05, 0.1) is 11.1 Å². The number of hydrogen-bond acceptors (Lipinski definition) is 3. The predicted octanol–water partition coefficient (Wildman–Crippen LogP) is 3.87. The van der Waals surface area contributed by atoms with Crippen LogP contribution in [0.3, 0.4) is 0 Å². The molecule has 1 aromatic heterocycles. The zero-order chi connectivity index (χ0) is 18.2. The Morgan fingerprint density at radius 2 is 1.72 bits per heavy atom. The summed E-state index contributed by atoms with van der Waals surface area (Å²) in [6.07, 6.45) is 6.07. The zero-order valence-corrected chi connectivity index (χ0v) is 15.1. The van der Waals surface area contributed by atoms with Gasteiger partial charge in [0.2, 0.25) is 0 Å². The molecule has 0 saturated heterocycles. The van der Waals surface area contributed by atoms with Gasteiger partial charge in [0, 0.05) is 24.6 Å². The lowest BCUT2D eigenvalue weighted by Crippen LogP contribution is -2.25. The summed E-state index contributed by atoms with van der Waals surface area (Å²) in [6.45, 7) is 6.70. The molecule has 0 spiro atoms. The van der Waals surface area contributed by atoms with Gasteiger partial charge in [-0.05, 0) is 38.0 Å². The van der Waals surface area contributed by atoms with Crippen LogP contribution in [-0.2, 0) is 0 Å². The molecule has 2 aromatic rings. The van der Waals surface area contributed by atoms with Crippen LogP contribution in [0.4, 0.5) is 5.69 Å². The van der Waals surface area contributed by atoms with E-state index < -0.39 is 0 Å². The van der Waals surface area contributed by atoms with Gasteiger partial charge in [-0.1, -0.05) is 37.5 Å². The van der Waals surface area contributed by atoms with Gasteiger partial charge in [-0.2, -0.15) is 0 Å². The number of carbonyl (C=O) groups excluding carboxylic acids is 2. The number of nitrogens with zero attached hydrogens (tertiary/aromatic N) is 1. The first-order valence-electron chi connectivity index (χ1n) is 8.63. The highest BCUT2D eigenvalue weighted by atomic mass is 16.2. The molecule has 5 nitrogen and oxygen atoms in total. The minimum absolute atomic E-state index is 0.204. The van der Waals surface area contributed by atoms with Crippen LogP contribution in [-0.4, -0.2) is 23.3 Å². The highest BCUT2D eigenvalue weighted by Crippen LogP contribution is 2.17. The Hall–Kier alpha value is -2.69. The zero-order valence-electron chi connectivity index (χ0n) is 15.1. The second-order valence-electron chi connectivity index (χ2n) is 6.20. The van der Waals surface area contributed by atoms with Crippen molar-refractivity contribution in [1.29, 1.82) is 0 Å². The molecule has 0 atom stereocenters. The summed E-state index contributed by atoms with van der Waals surface area (Å²) in [5.74, 6) is -0.482. The number of benzene rings is 1. The molecule has 2 rings (SSSR count). The van der Waals surface area contributed by atoms with Gasteiger partial charge in [0.25, 0.3) is 11.8 Å². The van der Waals surface area contributed by atoms with Gasteiger partial charge in [0.1, 0.15) is 0 Å². The molecule has 0 aliphatic rings. The van der Waals surface area contributed by atoms with Crippen LogP contribution in [0.1, 0.15) is 58.0 Å². The molecule has 1 aromatic carbocycles. The maximum absolute atomic E-state index is 12.4. The van der Waals surface area contributed by atoms with E-state index in [1.54, 1.807) is 6.07 Å². The van der Waals surface area contributed by atoms with Crippen LogP contribution in [0.5, 0.6) is 0 Å². The largest absolute Gasteiger partial charge is 0.352 e. The number of carbonyl (C=O) groups is 2. The predicted molar refractivity (Wildman–Crippen MR) is 100.0 cm³/mol. The average molecular weight is 339 g/mol. The number of aryl methyl sites for hydroxylation is 2. The quantitative estimate of drug-likeness (QED) is 0.752. The monoisotopic (exact) mass is 339 g/mol. The maximum atomic E-state index is 12.4. The smallest absolute Gasteiger partial charge is 0.257 e. The van der Waals surface area contributed by atoms with Crippen LogP contribution in [0.25, 0.3) is 0 Å². The first kappa shape index (κ1) is 18.6. The topological polar surface area (TPSA) is 71.1 Å². The summed E-state index contributed by atoms with van der Waals surface area (Å²) in [4.78, 5) is 28.6. The molecule has 2 amide bonds. The molecular formula is C20H25N3O2. The number of hydrogen-bond donors (Lipinski definition) is 2. The van der Waals surface area contributed by atoms with E-state index in [9.17, 15) is 9.59 Å². The first-order chi connectivity index (χ1) is 12.0. The maximum Gasteiger partial charge on any atom is 0.257 e. The fourth-order valence-electron chi connectivity index (χ4n) is 2.52. The van der Waals surface area contributed by atoms with Crippen molar-refractivity contribution in [3.8, 4) is 0 Å². The van der Waals surface area contributed by atoms with Crippen LogP contribution in [0.2, 0.25) is 0 Å². The van der Waals surface area contributed by atoms with E-state index in [1.807, 2.05) is 32.0 Å². The van der Waals surface area contributed by atoms with Gasteiger partial charge in [0.15, 0.2) is 0 Å². The first-order valence-corrected chi connectivity index (χ1v) is 8.63. The molecule has 0 saturated carbocycles. The second-order valence-corrected chi connectivity index (χ2v) is 6.20. The van der Waals surface area contributed by atoms with Crippen molar-refractivity contribution in [2.24, 2.45) is 0 Å². The Kier molecular flexibility index (Phi) is 6.69. The van der Waals surface area contributed by atoms with Crippen molar-refractivity contribution in [2.75, 3.05) is 11.9 Å². The van der Waals surface area contributed by atoms with Crippen LogP contribution in [0, 0.1) is 13.8 Å². The van der Waals surface area contributed by atoms with E-state index in [2.05, 4.69) is 22.5 Å². The number of anilines is 1. The van der Waals surface area contributed by atoms with E-state index in [0.717, 1.165) is 36.1 Å². The molecule has 0 aliphatic carbocycles. The number of aromatic nitrogens is 1. The molecule has 0 bridgehead atoms. The van der Waals surface area contributed by atoms with Crippen molar-refractivity contribution in [3.05, 3.63) is 58.9 Å². The summed E-state index contributed by atoms with van der Waals surface area (Å²) in [7, 11) is 0. The second kappa shape index (κ2) is 8.97.